The van der Waals surface area contributed by atoms with E-state index in [4.69, 9.17) is 4.74 Å². The van der Waals surface area contributed by atoms with Crippen molar-refractivity contribution < 1.29 is 9.53 Å². The zero-order valence-electron chi connectivity index (χ0n) is 9.94. The SMILES string of the molecule is CC(=O)OC1(C)CN(Cc2ccc(Br)cn2)C1. The molecule has 0 spiro atoms. The van der Waals surface area contributed by atoms with Crippen LogP contribution in [0.4, 0.5) is 0 Å². The highest BCUT2D eigenvalue weighted by atomic mass is 79.9. The van der Waals surface area contributed by atoms with Gasteiger partial charge in [0.25, 0.3) is 0 Å². The summed E-state index contributed by atoms with van der Waals surface area (Å²) in [5, 5.41) is 0. The van der Waals surface area contributed by atoms with Crippen molar-refractivity contribution in [2.24, 2.45) is 0 Å². The largest absolute Gasteiger partial charge is 0.457 e. The number of hydrogen-bond donors (Lipinski definition) is 0. The van der Waals surface area contributed by atoms with Crippen LogP contribution in [0.3, 0.4) is 0 Å². The maximum absolute atomic E-state index is 10.9. The normalized spacial score (nSPS) is 18.5. The van der Waals surface area contributed by atoms with Gasteiger partial charge in [-0.25, -0.2) is 0 Å². The number of aromatic nitrogens is 1. The van der Waals surface area contributed by atoms with Crippen molar-refractivity contribution >= 4 is 21.9 Å². The Bertz CT molecular complexity index is 413. The van der Waals surface area contributed by atoms with Crippen LogP contribution in [-0.2, 0) is 16.1 Å². The van der Waals surface area contributed by atoms with Crippen molar-refractivity contribution in [3.05, 3.63) is 28.5 Å². The smallest absolute Gasteiger partial charge is 0.303 e. The third-order valence-corrected chi connectivity index (χ3v) is 3.15. The van der Waals surface area contributed by atoms with Gasteiger partial charge in [-0.1, -0.05) is 0 Å². The lowest BCUT2D eigenvalue weighted by molar-refractivity contribution is -0.174. The Morgan fingerprint density at radius 1 is 1.59 bits per heavy atom. The average Bonchev–Trinajstić information content (AvgIpc) is 2.18. The molecule has 1 aliphatic rings. The van der Waals surface area contributed by atoms with Gasteiger partial charge in [0.1, 0.15) is 5.60 Å². The Kier molecular flexibility index (Phi) is 3.49. The van der Waals surface area contributed by atoms with E-state index in [-0.39, 0.29) is 11.6 Å². The second-order valence-electron chi connectivity index (χ2n) is 4.66. The second-order valence-corrected chi connectivity index (χ2v) is 5.57. The fourth-order valence-electron chi connectivity index (χ4n) is 2.15. The molecule has 0 N–H and O–H groups in total. The van der Waals surface area contributed by atoms with Crippen molar-refractivity contribution in [2.75, 3.05) is 13.1 Å². The van der Waals surface area contributed by atoms with E-state index in [1.165, 1.54) is 6.92 Å². The standard InChI is InChI=1S/C12H15BrN2O2/c1-9(16)17-12(2)7-15(8-12)6-11-4-3-10(13)5-14-11/h3-5H,6-8H2,1-2H3. The maximum Gasteiger partial charge on any atom is 0.303 e. The van der Waals surface area contributed by atoms with E-state index < -0.39 is 0 Å². The molecular formula is C12H15BrN2O2. The number of pyridine rings is 1. The van der Waals surface area contributed by atoms with E-state index in [1.54, 1.807) is 6.20 Å². The van der Waals surface area contributed by atoms with E-state index in [2.05, 4.69) is 25.8 Å². The Morgan fingerprint density at radius 2 is 2.29 bits per heavy atom. The van der Waals surface area contributed by atoms with Crippen molar-refractivity contribution in [1.29, 1.82) is 0 Å². The van der Waals surface area contributed by atoms with Crippen LogP contribution in [0.1, 0.15) is 19.5 Å². The average molecular weight is 299 g/mol. The fourth-order valence-corrected chi connectivity index (χ4v) is 2.39. The first-order valence-electron chi connectivity index (χ1n) is 5.49. The van der Waals surface area contributed by atoms with Gasteiger partial charge >= 0.3 is 5.97 Å². The summed E-state index contributed by atoms with van der Waals surface area (Å²) in [6.45, 7) is 5.74. The van der Waals surface area contributed by atoms with Gasteiger partial charge in [0.15, 0.2) is 0 Å². The summed E-state index contributed by atoms with van der Waals surface area (Å²) in [6.07, 6.45) is 1.79. The molecule has 0 amide bonds. The quantitative estimate of drug-likeness (QED) is 0.801. The number of ether oxygens (including phenoxy) is 1. The molecule has 0 aliphatic carbocycles. The summed E-state index contributed by atoms with van der Waals surface area (Å²) in [5.74, 6) is -0.214. The lowest BCUT2D eigenvalue weighted by Crippen LogP contribution is -2.61. The number of hydrogen-bond acceptors (Lipinski definition) is 4. The maximum atomic E-state index is 10.9. The molecule has 1 fully saturated rings. The van der Waals surface area contributed by atoms with Gasteiger partial charge in [-0.05, 0) is 35.0 Å². The molecule has 0 aromatic carbocycles. The van der Waals surface area contributed by atoms with Crippen LogP contribution in [-0.4, -0.2) is 34.5 Å². The third-order valence-electron chi connectivity index (χ3n) is 2.68. The fraction of sp³-hybridized carbons (Fsp3) is 0.500. The van der Waals surface area contributed by atoms with Gasteiger partial charge in [0.05, 0.1) is 5.69 Å². The Labute approximate surface area is 109 Å². The number of nitrogens with zero attached hydrogens (tertiary/aromatic N) is 2. The van der Waals surface area contributed by atoms with Crippen LogP contribution in [0.25, 0.3) is 0 Å². The number of carbonyl (C=O) groups excluding carboxylic acids is 1. The van der Waals surface area contributed by atoms with E-state index in [0.29, 0.717) is 0 Å². The minimum Gasteiger partial charge on any atom is -0.457 e. The lowest BCUT2D eigenvalue weighted by atomic mass is 9.96. The van der Waals surface area contributed by atoms with Crippen LogP contribution < -0.4 is 0 Å². The predicted molar refractivity (Wildman–Crippen MR) is 67.4 cm³/mol. The monoisotopic (exact) mass is 298 g/mol. The van der Waals surface area contributed by atoms with E-state index >= 15 is 0 Å². The zero-order chi connectivity index (χ0) is 12.5. The first-order chi connectivity index (χ1) is 7.97. The molecule has 0 bridgehead atoms. The topological polar surface area (TPSA) is 42.4 Å². The molecule has 1 aliphatic heterocycles. The highest BCUT2D eigenvalue weighted by molar-refractivity contribution is 9.10. The molecule has 92 valence electrons. The summed E-state index contributed by atoms with van der Waals surface area (Å²) in [6, 6.07) is 3.97. The number of carbonyl (C=O) groups is 1. The Hall–Kier alpha value is -0.940. The molecule has 0 radical (unpaired) electrons. The molecule has 0 unspecified atom stereocenters. The molecule has 4 nitrogen and oxygen atoms in total. The zero-order valence-corrected chi connectivity index (χ0v) is 11.5. The number of rotatable bonds is 3. The molecule has 17 heavy (non-hydrogen) atoms. The van der Waals surface area contributed by atoms with Crippen LogP contribution in [0.15, 0.2) is 22.8 Å². The van der Waals surface area contributed by atoms with Gasteiger partial charge < -0.3 is 4.74 Å². The van der Waals surface area contributed by atoms with Gasteiger partial charge in [0, 0.05) is 37.2 Å². The Morgan fingerprint density at radius 3 is 2.82 bits per heavy atom. The van der Waals surface area contributed by atoms with E-state index in [1.807, 2.05) is 19.1 Å². The molecule has 2 heterocycles. The summed E-state index contributed by atoms with van der Waals surface area (Å²) < 4.78 is 6.23. The van der Waals surface area contributed by atoms with Gasteiger partial charge in [0.2, 0.25) is 0 Å². The number of esters is 1. The minimum atomic E-state index is -0.318. The molecule has 5 heteroatoms. The molecular weight excluding hydrogens is 284 g/mol. The molecule has 2 rings (SSSR count). The minimum absolute atomic E-state index is 0.214. The van der Waals surface area contributed by atoms with Crippen molar-refractivity contribution in [3.8, 4) is 0 Å². The summed E-state index contributed by atoms with van der Waals surface area (Å²) in [4.78, 5) is 17.4. The van der Waals surface area contributed by atoms with Crippen LogP contribution in [0, 0.1) is 0 Å². The first-order valence-corrected chi connectivity index (χ1v) is 6.28. The van der Waals surface area contributed by atoms with Crippen LogP contribution in [0.2, 0.25) is 0 Å². The third kappa shape index (κ3) is 3.26. The summed E-state index contributed by atoms with van der Waals surface area (Å²) >= 11 is 3.35. The molecule has 0 saturated carbocycles. The summed E-state index contributed by atoms with van der Waals surface area (Å²) in [7, 11) is 0. The first kappa shape index (κ1) is 12.5. The molecule has 0 atom stereocenters. The second kappa shape index (κ2) is 4.74. The highest BCUT2D eigenvalue weighted by Gasteiger charge is 2.41. The molecule has 1 aromatic rings. The lowest BCUT2D eigenvalue weighted by Gasteiger charge is -2.46. The number of likely N-dealkylation sites (tertiary alicyclic amines) is 1. The van der Waals surface area contributed by atoms with Crippen molar-refractivity contribution in [2.45, 2.75) is 26.0 Å². The van der Waals surface area contributed by atoms with Crippen molar-refractivity contribution in [3.63, 3.8) is 0 Å². The van der Waals surface area contributed by atoms with Gasteiger partial charge in [-0.15, -0.1) is 0 Å². The Balaban J connectivity index is 1.84. The number of halogens is 1. The predicted octanol–water partition coefficient (Wildman–Crippen LogP) is 1.98. The van der Waals surface area contributed by atoms with Crippen LogP contribution in [0.5, 0.6) is 0 Å². The van der Waals surface area contributed by atoms with E-state index in [0.717, 1.165) is 29.8 Å². The van der Waals surface area contributed by atoms with Gasteiger partial charge in [-0.3, -0.25) is 14.7 Å². The molecule has 1 saturated heterocycles. The highest BCUT2D eigenvalue weighted by Crippen LogP contribution is 2.26. The van der Waals surface area contributed by atoms with Gasteiger partial charge in [-0.2, -0.15) is 0 Å². The van der Waals surface area contributed by atoms with Crippen LogP contribution >= 0.6 is 15.9 Å². The van der Waals surface area contributed by atoms with E-state index in [9.17, 15) is 4.79 Å². The summed E-state index contributed by atoms with van der Waals surface area (Å²) in [5.41, 5.74) is 0.708. The van der Waals surface area contributed by atoms with Crippen molar-refractivity contribution in [1.82, 2.24) is 9.88 Å². The molecule has 1 aromatic heterocycles.